The normalized spacial score (nSPS) is 11.7. The van der Waals surface area contributed by atoms with Gasteiger partial charge in [-0.3, -0.25) is 4.79 Å². The van der Waals surface area contributed by atoms with Crippen molar-refractivity contribution in [3.63, 3.8) is 0 Å². The van der Waals surface area contributed by atoms with Gasteiger partial charge in [0.1, 0.15) is 12.4 Å². The predicted octanol–water partition coefficient (Wildman–Crippen LogP) is 3.65. The highest BCUT2D eigenvalue weighted by Gasteiger charge is 2.21. The van der Waals surface area contributed by atoms with Gasteiger partial charge in [-0.2, -0.15) is 8.42 Å². The molecule has 0 fully saturated rings. The summed E-state index contributed by atoms with van der Waals surface area (Å²) in [6.45, 7) is 5.14. The highest BCUT2D eigenvalue weighted by atomic mass is 32.2. The van der Waals surface area contributed by atoms with Crippen LogP contribution in [0.15, 0.2) is 72.3 Å². The Morgan fingerprint density at radius 2 is 1.97 bits per heavy atom. The molecule has 8 nitrogen and oxygen atoms in total. The molecule has 172 valence electrons. The molecular formula is C24H26N4O4S. The molecule has 0 aliphatic carbocycles. The van der Waals surface area contributed by atoms with Crippen LogP contribution in [0, 0.1) is 5.92 Å². The first kappa shape index (κ1) is 22.6. The summed E-state index contributed by atoms with van der Waals surface area (Å²) in [6, 6.07) is 15.4. The highest BCUT2D eigenvalue weighted by molar-refractivity contribution is 7.90. The lowest BCUT2D eigenvalue weighted by molar-refractivity contribution is -0.118. The van der Waals surface area contributed by atoms with Crippen molar-refractivity contribution in [2.75, 3.05) is 0 Å². The number of sulfonamides is 1. The first-order valence-electron chi connectivity index (χ1n) is 10.6. The number of H-pyrrole nitrogens is 1. The molecule has 0 aliphatic rings. The molecule has 2 aromatic heterocycles. The Balaban J connectivity index is 1.40. The maximum absolute atomic E-state index is 12.5. The molecule has 33 heavy (non-hydrogen) atoms. The molecule has 0 aliphatic heterocycles. The summed E-state index contributed by atoms with van der Waals surface area (Å²) in [4.78, 5) is 19.5. The molecule has 0 bridgehead atoms. The predicted molar refractivity (Wildman–Crippen MR) is 125 cm³/mol. The van der Waals surface area contributed by atoms with E-state index in [9.17, 15) is 13.2 Å². The minimum atomic E-state index is -4.03. The van der Waals surface area contributed by atoms with E-state index in [2.05, 4.69) is 14.7 Å². The van der Waals surface area contributed by atoms with Gasteiger partial charge in [0, 0.05) is 35.9 Å². The minimum Gasteiger partial charge on any atom is -0.489 e. The maximum Gasteiger partial charge on any atom is 0.283 e. The monoisotopic (exact) mass is 466 g/mol. The molecule has 2 aromatic carbocycles. The lowest BCUT2D eigenvalue weighted by atomic mass is 10.1. The van der Waals surface area contributed by atoms with Gasteiger partial charge in [0.05, 0.1) is 12.7 Å². The Morgan fingerprint density at radius 1 is 1.18 bits per heavy atom. The SMILES string of the molecule is CC(C)Cn1cnc(S(=O)(=O)NC(=O)Cc2c[nH]c3cc(OCc4ccccc4)ccc23)c1. The number of imidazole rings is 1. The number of carbonyl (C=O) groups is 1. The third kappa shape index (κ3) is 5.61. The van der Waals surface area contributed by atoms with Crippen molar-refractivity contribution in [3.8, 4) is 5.75 Å². The summed E-state index contributed by atoms with van der Waals surface area (Å²) >= 11 is 0. The number of amides is 1. The van der Waals surface area contributed by atoms with E-state index in [0.717, 1.165) is 16.5 Å². The van der Waals surface area contributed by atoms with Gasteiger partial charge in [-0.05, 0) is 29.2 Å². The van der Waals surface area contributed by atoms with E-state index in [1.807, 2.05) is 62.4 Å². The number of hydrogen-bond acceptors (Lipinski definition) is 5. The smallest absolute Gasteiger partial charge is 0.283 e. The van der Waals surface area contributed by atoms with E-state index in [1.54, 1.807) is 10.8 Å². The van der Waals surface area contributed by atoms with Crippen LogP contribution in [0.2, 0.25) is 0 Å². The van der Waals surface area contributed by atoms with Crippen LogP contribution >= 0.6 is 0 Å². The molecule has 2 heterocycles. The van der Waals surface area contributed by atoms with Crippen molar-refractivity contribution in [3.05, 3.63) is 78.4 Å². The molecule has 4 aromatic rings. The van der Waals surface area contributed by atoms with Gasteiger partial charge in [-0.15, -0.1) is 0 Å². The third-order valence-electron chi connectivity index (χ3n) is 5.05. The van der Waals surface area contributed by atoms with Gasteiger partial charge in [0.15, 0.2) is 5.03 Å². The van der Waals surface area contributed by atoms with Crippen molar-refractivity contribution < 1.29 is 17.9 Å². The second kappa shape index (κ2) is 9.50. The van der Waals surface area contributed by atoms with Crippen LogP contribution in [0.5, 0.6) is 5.75 Å². The first-order chi connectivity index (χ1) is 15.8. The molecule has 0 saturated heterocycles. The van der Waals surface area contributed by atoms with Gasteiger partial charge in [-0.25, -0.2) is 9.71 Å². The third-order valence-corrected chi connectivity index (χ3v) is 6.31. The number of rotatable bonds is 9. The molecule has 0 atom stereocenters. The molecule has 0 saturated carbocycles. The Bertz CT molecular complexity index is 1360. The second-order valence-electron chi connectivity index (χ2n) is 8.30. The van der Waals surface area contributed by atoms with Crippen molar-refractivity contribution in [1.82, 2.24) is 19.3 Å². The van der Waals surface area contributed by atoms with Crippen LogP contribution in [-0.2, 0) is 34.4 Å². The highest BCUT2D eigenvalue weighted by Crippen LogP contribution is 2.24. The summed E-state index contributed by atoms with van der Waals surface area (Å²) in [6.07, 6.45) is 4.50. The Kier molecular flexibility index (Phi) is 6.50. The number of nitrogens with one attached hydrogen (secondary N) is 2. The van der Waals surface area contributed by atoms with E-state index >= 15 is 0 Å². The summed E-state index contributed by atoms with van der Waals surface area (Å²) in [7, 11) is -4.03. The number of hydrogen-bond donors (Lipinski definition) is 2. The molecule has 4 rings (SSSR count). The summed E-state index contributed by atoms with van der Waals surface area (Å²) in [5.74, 6) is 0.415. The van der Waals surface area contributed by atoms with Gasteiger partial charge in [-0.1, -0.05) is 44.2 Å². The number of benzene rings is 2. The van der Waals surface area contributed by atoms with Crippen LogP contribution in [0.3, 0.4) is 0 Å². The molecular weight excluding hydrogens is 440 g/mol. The van der Waals surface area contributed by atoms with Crippen molar-refractivity contribution in [2.24, 2.45) is 5.92 Å². The zero-order chi connectivity index (χ0) is 23.4. The van der Waals surface area contributed by atoms with Gasteiger partial charge in [0.2, 0.25) is 5.91 Å². The van der Waals surface area contributed by atoms with Crippen LogP contribution in [0.4, 0.5) is 0 Å². The molecule has 9 heteroatoms. The number of carbonyl (C=O) groups excluding carboxylic acids is 1. The topological polar surface area (TPSA) is 106 Å². The molecule has 0 radical (unpaired) electrons. The van der Waals surface area contributed by atoms with E-state index in [-0.39, 0.29) is 11.4 Å². The second-order valence-corrected chi connectivity index (χ2v) is 9.93. The fourth-order valence-electron chi connectivity index (χ4n) is 3.55. The molecule has 0 spiro atoms. The van der Waals surface area contributed by atoms with Gasteiger partial charge >= 0.3 is 0 Å². The number of aromatic amines is 1. The number of aromatic nitrogens is 3. The van der Waals surface area contributed by atoms with Crippen LogP contribution in [0.25, 0.3) is 10.9 Å². The standard InChI is InChI=1S/C24H26N4O4S/c1-17(2)13-28-14-24(26-16-28)33(30,31)27-23(29)10-19-12-25-22-11-20(8-9-21(19)22)32-15-18-6-4-3-5-7-18/h3-9,11-12,14,16-17,25H,10,13,15H2,1-2H3,(H,27,29). The summed E-state index contributed by atoms with van der Waals surface area (Å²) in [5, 5.41) is 0.659. The Hall–Kier alpha value is -3.59. The van der Waals surface area contributed by atoms with Gasteiger partial charge < -0.3 is 14.3 Å². The lowest BCUT2D eigenvalue weighted by Crippen LogP contribution is -2.32. The fraction of sp³-hybridized carbons (Fsp3) is 0.250. The number of ether oxygens (including phenoxy) is 1. The maximum atomic E-state index is 12.5. The largest absolute Gasteiger partial charge is 0.489 e. The fourth-order valence-corrected chi connectivity index (χ4v) is 4.49. The van der Waals surface area contributed by atoms with E-state index in [4.69, 9.17) is 4.74 Å². The summed E-state index contributed by atoms with van der Waals surface area (Å²) < 4.78 is 34.7. The summed E-state index contributed by atoms with van der Waals surface area (Å²) in [5.41, 5.74) is 2.56. The molecule has 1 amide bonds. The quantitative estimate of drug-likeness (QED) is 0.392. The Morgan fingerprint density at radius 3 is 2.73 bits per heavy atom. The lowest BCUT2D eigenvalue weighted by Gasteiger charge is -2.07. The van der Waals surface area contributed by atoms with Crippen molar-refractivity contribution in [2.45, 2.75) is 38.4 Å². The number of fused-ring (bicyclic) bond motifs is 1. The zero-order valence-electron chi connectivity index (χ0n) is 18.5. The molecule has 0 unspecified atom stereocenters. The van der Waals surface area contributed by atoms with Crippen molar-refractivity contribution in [1.29, 1.82) is 0 Å². The average Bonchev–Trinajstić information content (AvgIpc) is 3.40. The molecule has 2 N–H and O–H groups in total. The Labute approximate surface area is 192 Å². The van der Waals surface area contributed by atoms with Crippen LogP contribution in [0.1, 0.15) is 25.0 Å². The van der Waals surface area contributed by atoms with Crippen LogP contribution < -0.4 is 9.46 Å². The van der Waals surface area contributed by atoms with Gasteiger partial charge in [0.25, 0.3) is 10.0 Å². The average molecular weight is 467 g/mol. The van der Waals surface area contributed by atoms with Crippen LogP contribution in [-0.4, -0.2) is 28.9 Å². The number of nitrogens with zero attached hydrogens (tertiary/aromatic N) is 2. The van der Waals surface area contributed by atoms with E-state index in [0.29, 0.717) is 30.4 Å². The first-order valence-corrected chi connectivity index (χ1v) is 12.1. The van der Waals surface area contributed by atoms with E-state index < -0.39 is 15.9 Å². The minimum absolute atomic E-state index is 0.0872. The van der Waals surface area contributed by atoms with Crippen molar-refractivity contribution >= 4 is 26.8 Å². The van der Waals surface area contributed by atoms with E-state index in [1.165, 1.54) is 12.5 Å². The zero-order valence-corrected chi connectivity index (χ0v) is 19.3.